The van der Waals surface area contributed by atoms with Crippen molar-refractivity contribution in [1.82, 2.24) is 4.72 Å². The maximum atomic E-state index is 12.7. The van der Waals surface area contributed by atoms with E-state index >= 15 is 0 Å². The lowest BCUT2D eigenvalue weighted by Gasteiger charge is -2.15. The van der Waals surface area contributed by atoms with Gasteiger partial charge < -0.3 is 5.32 Å². The lowest BCUT2D eigenvalue weighted by atomic mass is 10.2. The van der Waals surface area contributed by atoms with Gasteiger partial charge in [-0.15, -0.1) is 0 Å². The van der Waals surface area contributed by atoms with Crippen LogP contribution in [0.15, 0.2) is 46.2 Å². The Balaban J connectivity index is 2.33. The van der Waals surface area contributed by atoms with Gasteiger partial charge >= 0.3 is 0 Å². The molecule has 0 heterocycles. The van der Waals surface area contributed by atoms with Gasteiger partial charge in [-0.3, -0.25) is 4.79 Å². The molecule has 0 saturated carbocycles. The molecule has 0 radical (unpaired) electrons. The zero-order chi connectivity index (χ0) is 22.7. The summed E-state index contributed by atoms with van der Waals surface area (Å²) in [4.78, 5) is 12.2. The minimum atomic E-state index is -3.98. The lowest BCUT2D eigenvalue weighted by molar-refractivity contribution is 0.102. The zero-order valence-electron chi connectivity index (χ0n) is 16.1. The average Bonchev–Trinajstić information content (AvgIpc) is 2.60. The molecule has 8 nitrogen and oxygen atoms in total. The number of nitrogens with one attached hydrogen (secondary N) is 2. The van der Waals surface area contributed by atoms with Gasteiger partial charge in [-0.05, 0) is 49.7 Å². The van der Waals surface area contributed by atoms with Gasteiger partial charge in [0, 0.05) is 11.7 Å². The van der Waals surface area contributed by atoms with E-state index in [1.165, 1.54) is 30.3 Å². The number of rotatable bonds is 8. The van der Waals surface area contributed by atoms with Crippen LogP contribution in [-0.4, -0.2) is 28.8 Å². The van der Waals surface area contributed by atoms with E-state index in [4.69, 9.17) is 28.3 Å². The fraction of sp³-hybridized carbons (Fsp3) is 0.278. The highest BCUT2D eigenvalue weighted by Crippen LogP contribution is 2.29. The average molecular weight is 494 g/mol. The first-order valence-corrected chi connectivity index (χ1v) is 12.6. The van der Waals surface area contributed by atoms with E-state index in [2.05, 4.69) is 10.0 Å². The third-order valence-electron chi connectivity index (χ3n) is 4.07. The summed E-state index contributed by atoms with van der Waals surface area (Å²) in [5.41, 5.74) is 0.151. The van der Waals surface area contributed by atoms with Crippen LogP contribution in [0.5, 0.6) is 0 Å². The van der Waals surface area contributed by atoms with Crippen molar-refractivity contribution in [3.63, 3.8) is 0 Å². The second kappa shape index (κ2) is 9.63. The Morgan fingerprint density at radius 1 is 1.07 bits per heavy atom. The fourth-order valence-corrected chi connectivity index (χ4v) is 5.31. The fourth-order valence-electron chi connectivity index (χ4n) is 2.66. The van der Waals surface area contributed by atoms with E-state index in [1.807, 2.05) is 6.92 Å². The zero-order valence-corrected chi connectivity index (χ0v) is 19.3. The molecule has 0 aliphatic heterocycles. The van der Waals surface area contributed by atoms with Crippen LogP contribution < -0.4 is 15.2 Å². The van der Waals surface area contributed by atoms with Crippen LogP contribution in [-0.2, 0) is 20.0 Å². The van der Waals surface area contributed by atoms with Gasteiger partial charge in [-0.25, -0.2) is 26.7 Å². The van der Waals surface area contributed by atoms with Crippen LogP contribution in [0.4, 0.5) is 5.69 Å². The predicted molar refractivity (Wildman–Crippen MR) is 117 cm³/mol. The monoisotopic (exact) mass is 493 g/mol. The van der Waals surface area contributed by atoms with Gasteiger partial charge in [0.15, 0.2) is 0 Å². The second-order valence-electron chi connectivity index (χ2n) is 6.60. The number of amides is 1. The summed E-state index contributed by atoms with van der Waals surface area (Å²) in [7, 11) is -7.85. The maximum Gasteiger partial charge on any atom is 0.257 e. The Morgan fingerprint density at radius 2 is 1.67 bits per heavy atom. The second-order valence-corrected chi connectivity index (χ2v) is 10.7. The molecule has 12 heteroatoms. The maximum absolute atomic E-state index is 12.7. The predicted octanol–water partition coefficient (Wildman–Crippen LogP) is 3.36. The number of carbonyl (C=O) groups is 1. The first-order valence-electron chi connectivity index (χ1n) is 8.80. The van der Waals surface area contributed by atoms with E-state index in [9.17, 15) is 21.6 Å². The molecule has 0 aliphatic rings. The lowest BCUT2D eigenvalue weighted by Crippen LogP contribution is -2.32. The standard InChI is InChI=1S/C18H21Cl2N3O5S2/c1-3-4-11(2)23-30(27,28)17-9-14(15(19)10-16(17)20)18(24)22-12-5-7-13(8-6-12)29(21,25)26/h5-11,23H,3-4H2,1-2H3,(H,22,24)(H2,21,25,26). The molecule has 0 spiro atoms. The minimum absolute atomic E-state index is 0.0424. The van der Waals surface area contributed by atoms with Crippen LogP contribution in [0.2, 0.25) is 10.0 Å². The highest BCUT2D eigenvalue weighted by molar-refractivity contribution is 7.89. The molecule has 0 aliphatic carbocycles. The minimum Gasteiger partial charge on any atom is -0.322 e. The Kier molecular flexibility index (Phi) is 7.89. The van der Waals surface area contributed by atoms with Crippen molar-refractivity contribution in [2.45, 2.75) is 42.5 Å². The Morgan fingerprint density at radius 3 is 2.20 bits per heavy atom. The molecule has 1 amide bonds. The third kappa shape index (κ3) is 6.16. The van der Waals surface area contributed by atoms with Gasteiger partial charge in [0.2, 0.25) is 20.0 Å². The molecular weight excluding hydrogens is 473 g/mol. The van der Waals surface area contributed by atoms with Crippen molar-refractivity contribution in [3.8, 4) is 0 Å². The molecule has 1 atom stereocenters. The Hall–Kier alpha value is -1.69. The SMILES string of the molecule is CCCC(C)NS(=O)(=O)c1cc(C(=O)Nc2ccc(S(N)(=O)=O)cc2)c(Cl)cc1Cl. The summed E-state index contributed by atoms with van der Waals surface area (Å²) in [5, 5.41) is 7.39. The van der Waals surface area contributed by atoms with Crippen molar-refractivity contribution >= 4 is 54.8 Å². The van der Waals surface area contributed by atoms with Gasteiger partial charge in [0.05, 0.1) is 20.5 Å². The van der Waals surface area contributed by atoms with Crippen LogP contribution in [0.3, 0.4) is 0 Å². The van der Waals surface area contributed by atoms with E-state index < -0.39 is 26.0 Å². The summed E-state index contributed by atoms with van der Waals surface area (Å²) < 4.78 is 50.5. The van der Waals surface area contributed by atoms with Crippen LogP contribution in [0.1, 0.15) is 37.0 Å². The molecule has 4 N–H and O–H groups in total. The molecule has 1 unspecified atom stereocenters. The van der Waals surface area contributed by atoms with Crippen molar-refractivity contribution < 1.29 is 21.6 Å². The van der Waals surface area contributed by atoms with E-state index in [-0.39, 0.29) is 37.1 Å². The van der Waals surface area contributed by atoms with Crippen LogP contribution in [0.25, 0.3) is 0 Å². The number of nitrogens with two attached hydrogens (primary N) is 1. The molecule has 164 valence electrons. The number of hydrogen-bond acceptors (Lipinski definition) is 5. The quantitative estimate of drug-likeness (QED) is 0.517. The molecule has 0 fully saturated rings. The molecular formula is C18H21Cl2N3O5S2. The third-order valence-corrected chi connectivity index (χ3v) is 7.37. The van der Waals surface area contributed by atoms with Crippen molar-refractivity contribution in [2.24, 2.45) is 5.14 Å². The number of primary sulfonamides is 1. The van der Waals surface area contributed by atoms with Gasteiger partial charge in [-0.1, -0.05) is 36.5 Å². The highest BCUT2D eigenvalue weighted by atomic mass is 35.5. The first kappa shape index (κ1) is 24.6. The van der Waals surface area contributed by atoms with E-state index in [0.717, 1.165) is 12.5 Å². The Bertz CT molecular complexity index is 1150. The summed E-state index contributed by atoms with van der Waals surface area (Å²) in [6.45, 7) is 3.65. The largest absolute Gasteiger partial charge is 0.322 e. The molecule has 2 rings (SSSR count). The number of hydrogen-bond donors (Lipinski definition) is 3. The Labute approximate surface area is 185 Å². The molecule has 0 bridgehead atoms. The molecule has 0 aromatic heterocycles. The van der Waals surface area contributed by atoms with E-state index in [0.29, 0.717) is 6.42 Å². The van der Waals surface area contributed by atoms with Crippen molar-refractivity contribution in [1.29, 1.82) is 0 Å². The van der Waals surface area contributed by atoms with Crippen molar-refractivity contribution in [3.05, 3.63) is 52.0 Å². The number of anilines is 1. The highest BCUT2D eigenvalue weighted by Gasteiger charge is 2.24. The van der Waals surface area contributed by atoms with Crippen LogP contribution in [0, 0.1) is 0 Å². The molecule has 2 aromatic carbocycles. The van der Waals surface area contributed by atoms with E-state index in [1.54, 1.807) is 6.92 Å². The number of sulfonamides is 2. The summed E-state index contributed by atoms with van der Waals surface area (Å²) in [6.07, 6.45) is 1.42. The topological polar surface area (TPSA) is 135 Å². The van der Waals surface area contributed by atoms with Gasteiger partial charge in [-0.2, -0.15) is 0 Å². The smallest absolute Gasteiger partial charge is 0.257 e. The molecule has 0 saturated heterocycles. The normalized spacial score (nSPS) is 13.1. The molecule has 30 heavy (non-hydrogen) atoms. The molecule has 2 aromatic rings. The number of halogens is 2. The summed E-state index contributed by atoms with van der Waals surface area (Å²) in [6, 6.07) is 7.09. The number of benzene rings is 2. The summed E-state index contributed by atoms with van der Waals surface area (Å²) in [5.74, 6) is -0.696. The first-order chi connectivity index (χ1) is 13.8. The van der Waals surface area contributed by atoms with Gasteiger partial charge in [0.25, 0.3) is 5.91 Å². The number of carbonyl (C=O) groups excluding carboxylic acids is 1. The summed E-state index contributed by atoms with van der Waals surface area (Å²) >= 11 is 12.2. The van der Waals surface area contributed by atoms with Crippen LogP contribution >= 0.6 is 23.2 Å². The van der Waals surface area contributed by atoms with Crippen molar-refractivity contribution in [2.75, 3.05) is 5.32 Å². The van der Waals surface area contributed by atoms with Gasteiger partial charge in [0.1, 0.15) is 4.90 Å².